The maximum atomic E-state index is 13.7. The van der Waals surface area contributed by atoms with Crippen molar-refractivity contribution in [3.05, 3.63) is 58.5 Å². The lowest BCUT2D eigenvalue weighted by Gasteiger charge is -2.48. The Bertz CT molecular complexity index is 1450. The zero-order valence-electron chi connectivity index (χ0n) is 22.9. The summed E-state index contributed by atoms with van der Waals surface area (Å²) in [5, 5.41) is 13.5. The zero-order valence-corrected chi connectivity index (χ0v) is 25.4. The van der Waals surface area contributed by atoms with Crippen molar-refractivity contribution in [2.24, 2.45) is 5.41 Å². The highest BCUT2D eigenvalue weighted by Crippen LogP contribution is 2.40. The average Bonchev–Trinajstić information content (AvgIpc) is 2.86. The van der Waals surface area contributed by atoms with Gasteiger partial charge >= 0.3 is 6.18 Å². The average molecular weight is 638 g/mol. The number of piperazine rings is 1. The molecule has 41 heavy (non-hydrogen) atoms. The molecule has 1 aliphatic carbocycles. The van der Waals surface area contributed by atoms with Gasteiger partial charge in [0, 0.05) is 49.4 Å². The molecule has 228 valence electrons. The number of hydrogen-bond donors (Lipinski definition) is 2. The lowest BCUT2D eigenvalue weighted by Crippen LogP contribution is -2.65. The second kappa shape index (κ2) is 11.1. The first-order valence-electron chi connectivity index (χ1n) is 12.9. The van der Waals surface area contributed by atoms with Gasteiger partial charge in [0.25, 0.3) is 0 Å². The Hall–Kier alpha value is -1.72. The molecular formula is C26H34F3N3O6S3. The fourth-order valence-electron chi connectivity index (χ4n) is 5.18. The minimum Gasteiger partial charge on any atom is -0.380 e. The Morgan fingerprint density at radius 2 is 1.78 bits per heavy atom. The van der Waals surface area contributed by atoms with Gasteiger partial charge in [-0.3, -0.25) is 0 Å². The summed E-state index contributed by atoms with van der Waals surface area (Å²) in [6, 6.07) is 4.96. The standard InChI is InChI=1S/C26H34F3N3O6S3/c1-23(17-38-18-23)14-32(40(3,34)35)16-25(20-10-8-19(9-11-20)24(2,33)26(27,28)29)15-31(13-12-30-25)41(36,37)22-7-5-4-6-21(22)39/h4-5,7-11,30,33H,6,12-18H2,1-3H3/t24?,25-/m1/s1. The van der Waals surface area contributed by atoms with Crippen LogP contribution >= 0.6 is 12.2 Å². The van der Waals surface area contributed by atoms with Crippen LogP contribution in [0.25, 0.3) is 0 Å². The molecule has 4 rings (SSSR count). The Morgan fingerprint density at radius 3 is 2.29 bits per heavy atom. The molecule has 1 unspecified atom stereocenters. The van der Waals surface area contributed by atoms with Gasteiger partial charge in [0.2, 0.25) is 20.0 Å². The fourth-order valence-corrected chi connectivity index (χ4v) is 8.28. The van der Waals surface area contributed by atoms with Crippen LogP contribution in [0.2, 0.25) is 0 Å². The number of rotatable bonds is 9. The van der Waals surface area contributed by atoms with Crippen LogP contribution in [-0.4, -0.2) is 93.8 Å². The van der Waals surface area contributed by atoms with E-state index in [2.05, 4.69) is 5.32 Å². The van der Waals surface area contributed by atoms with Gasteiger partial charge in [-0.15, -0.1) is 0 Å². The minimum absolute atomic E-state index is 0.0125. The number of nitrogens with zero attached hydrogens (tertiary/aromatic N) is 2. The SMILES string of the molecule is CC1(CN(C[C@@]2(c3ccc(C(C)(O)C(F)(F)F)cc3)CN(S(=O)(=O)C3=CC=CCC3=S)CCN2)S(C)(=O)=O)COC1. The molecule has 0 aromatic heterocycles. The molecule has 15 heteroatoms. The largest absolute Gasteiger partial charge is 0.421 e. The van der Waals surface area contributed by atoms with Gasteiger partial charge in [0.05, 0.1) is 29.9 Å². The van der Waals surface area contributed by atoms with Gasteiger partial charge in [0.15, 0.2) is 5.60 Å². The molecule has 9 nitrogen and oxygen atoms in total. The highest BCUT2D eigenvalue weighted by Gasteiger charge is 2.52. The van der Waals surface area contributed by atoms with Crippen LogP contribution in [0.3, 0.4) is 0 Å². The summed E-state index contributed by atoms with van der Waals surface area (Å²) in [6.45, 7) is 3.11. The normalized spacial score (nSPS) is 25.5. The Morgan fingerprint density at radius 1 is 1.15 bits per heavy atom. The summed E-state index contributed by atoms with van der Waals surface area (Å²) in [7, 11) is -7.89. The number of allylic oxidation sites excluding steroid dienone is 4. The molecule has 0 radical (unpaired) electrons. The molecule has 3 aliphatic rings. The number of sulfonamides is 2. The molecule has 2 heterocycles. The molecule has 2 fully saturated rings. The summed E-state index contributed by atoms with van der Waals surface area (Å²) in [6.07, 6.45) is 1.20. The van der Waals surface area contributed by atoms with Gasteiger partial charge in [-0.2, -0.15) is 21.8 Å². The lowest BCUT2D eigenvalue weighted by molar-refractivity contribution is -0.258. The van der Waals surface area contributed by atoms with E-state index in [1.807, 2.05) is 6.92 Å². The van der Waals surface area contributed by atoms with Gasteiger partial charge < -0.3 is 15.2 Å². The molecular weight excluding hydrogens is 603 g/mol. The number of ether oxygens (including phenoxy) is 1. The second-order valence-corrected chi connectivity index (χ2v) is 15.8. The van der Waals surface area contributed by atoms with Crippen molar-refractivity contribution in [3.8, 4) is 0 Å². The predicted octanol–water partition coefficient (Wildman–Crippen LogP) is 2.40. The Balaban J connectivity index is 1.78. The molecule has 2 N–H and O–H groups in total. The fraction of sp³-hybridized carbons (Fsp3) is 0.577. The molecule has 1 aromatic carbocycles. The number of hydrogen-bond acceptors (Lipinski definition) is 8. The maximum Gasteiger partial charge on any atom is 0.421 e. The number of nitrogens with one attached hydrogen (secondary N) is 1. The predicted molar refractivity (Wildman–Crippen MR) is 152 cm³/mol. The van der Waals surface area contributed by atoms with Gasteiger partial charge in [0.1, 0.15) is 0 Å². The van der Waals surface area contributed by atoms with Crippen LogP contribution < -0.4 is 5.32 Å². The second-order valence-electron chi connectivity index (χ2n) is 11.4. The highest BCUT2D eigenvalue weighted by molar-refractivity contribution is 7.96. The van der Waals surface area contributed by atoms with Crippen molar-refractivity contribution in [1.29, 1.82) is 0 Å². The number of alkyl halides is 3. The van der Waals surface area contributed by atoms with Crippen LogP contribution in [0.4, 0.5) is 13.2 Å². The number of benzene rings is 1. The minimum atomic E-state index is -4.94. The number of halogens is 3. The van der Waals surface area contributed by atoms with Crippen molar-refractivity contribution in [2.75, 3.05) is 52.2 Å². The maximum absolute atomic E-state index is 13.7. The molecule has 2 atom stereocenters. The van der Waals surface area contributed by atoms with Crippen LogP contribution in [0.15, 0.2) is 47.4 Å². The molecule has 0 bridgehead atoms. The van der Waals surface area contributed by atoms with E-state index in [9.17, 15) is 35.1 Å². The van der Waals surface area contributed by atoms with Crippen LogP contribution in [0.1, 0.15) is 31.4 Å². The Kier molecular flexibility index (Phi) is 8.71. The summed E-state index contributed by atoms with van der Waals surface area (Å²) in [5.74, 6) is 0. The lowest BCUT2D eigenvalue weighted by atomic mass is 9.84. The van der Waals surface area contributed by atoms with E-state index >= 15 is 0 Å². The van der Waals surface area contributed by atoms with Crippen molar-refractivity contribution in [1.82, 2.24) is 13.9 Å². The summed E-state index contributed by atoms with van der Waals surface area (Å²) >= 11 is 5.32. The first-order valence-corrected chi connectivity index (χ1v) is 16.6. The molecule has 1 aromatic rings. The van der Waals surface area contributed by atoms with Gasteiger partial charge in [-0.25, -0.2) is 16.8 Å². The molecule has 0 amide bonds. The summed E-state index contributed by atoms with van der Waals surface area (Å²) in [5.41, 5.74) is -4.96. The van der Waals surface area contributed by atoms with E-state index in [1.165, 1.54) is 26.8 Å². The number of aliphatic hydroxyl groups is 1. The number of thiocarbonyl (C=S) groups is 1. The van der Waals surface area contributed by atoms with Crippen molar-refractivity contribution < 1.29 is 39.9 Å². The topological polar surface area (TPSA) is 116 Å². The van der Waals surface area contributed by atoms with Crippen molar-refractivity contribution >= 4 is 37.1 Å². The monoisotopic (exact) mass is 637 g/mol. The van der Waals surface area contributed by atoms with E-state index in [-0.39, 0.29) is 42.5 Å². The Labute approximate surface area is 244 Å². The smallest absolute Gasteiger partial charge is 0.380 e. The van der Waals surface area contributed by atoms with Gasteiger partial charge in [-0.1, -0.05) is 55.6 Å². The molecule has 2 saturated heterocycles. The van der Waals surface area contributed by atoms with Crippen LogP contribution in [0.5, 0.6) is 0 Å². The van der Waals surface area contributed by atoms with Crippen molar-refractivity contribution in [3.63, 3.8) is 0 Å². The molecule has 0 saturated carbocycles. The molecule has 0 spiro atoms. The first kappa shape index (κ1) is 32.2. The third kappa shape index (κ3) is 6.47. The quantitative estimate of drug-likeness (QED) is 0.397. The van der Waals surface area contributed by atoms with E-state index in [0.29, 0.717) is 32.1 Å². The van der Waals surface area contributed by atoms with Crippen LogP contribution in [-0.2, 0) is 35.9 Å². The molecule has 2 aliphatic heterocycles. The highest BCUT2D eigenvalue weighted by atomic mass is 32.2. The van der Waals surface area contributed by atoms with Gasteiger partial charge in [-0.05, 0) is 24.1 Å². The zero-order chi connectivity index (χ0) is 30.5. The van der Waals surface area contributed by atoms with E-state index < -0.39 is 48.3 Å². The van der Waals surface area contributed by atoms with E-state index in [4.69, 9.17) is 17.0 Å². The van der Waals surface area contributed by atoms with Crippen molar-refractivity contribution in [2.45, 2.75) is 37.6 Å². The summed E-state index contributed by atoms with van der Waals surface area (Å²) in [4.78, 5) is 0.243. The first-order chi connectivity index (χ1) is 18.8. The third-order valence-corrected chi connectivity index (χ3v) is 11.4. The van der Waals surface area contributed by atoms with Crippen LogP contribution in [0, 0.1) is 5.41 Å². The van der Waals surface area contributed by atoms with E-state index in [1.54, 1.807) is 12.2 Å². The third-order valence-electron chi connectivity index (χ3n) is 7.78. The van der Waals surface area contributed by atoms with E-state index in [0.717, 1.165) is 18.4 Å². The summed E-state index contributed by atoms with van der Waals surface area (Å²) < 4.78 is 102.